The van der Waals surface area contributed by atoms with E-state index in [1.165, 1.54) is 212 Å². The van der Waals surface area contributed by atoms with Crippen molar-refractivity contribution in [1.82, 2.24) is 5.32 Å². The van der Waals surface area contributed by atoms with Crippen LogP contribution in [0.3, 0.4) is 0 Å². The molecule has 2 aliphatic rings. The lowest BCUT2D eigenvalue weighted by Gasteiger charge is -2.46. The minimum absolute atomic E-state index is 0.253. The highest BCUT2D eigenvalue weighted by atomic mass is 16.7. The molecule has 2 fully saturated rings. The highest BCUT2D eigenvalue weighted by molar-refractivity contribution is 5.76. The Morgan fingerprint density at radius 1 is 0.385 bits per heavy atom. The molecule has 0 aromatic carbocycles. The molecule has 0 aliphatic carbocycles. The summed E-state index contributed by atoms with van der Waals surface area (Å²) in [7, 11) is 0. The number of unbranched alkanes of at least 4 members (excludes halogenated alkanes) is 38. The second-order valence-corrected chi connectivity index (χ2v) is 27.4. The summed E-state index contributed by atoms with van der Waals surface area (Å²) in [4.78, 5) is 13.4. The number of carbonyl (C=O) groups excluding carboxylic acids is 1. The number of carbonyl (C=O) groups is 1. The molecule has 1 amide bonds. The smallest absolute Gasteiger partial charge is 0.220 e. The number of aliphatic hydroxyl groups excluding tert-OH is 8. The Labute approximate surface area is 585 Å². The summed E-state index contributed by atoms with van der Waals surface area (Å²) in [5.41, 5.74) is 0. The quantitative estimate of drug-likeness (QED) is 0.0204. The van der Waals surface area contributed by atoms with Gasteiger partial charge in [-0.05, 0) is 89.9 Å². The Hall–Kier alpha value is -3.09. The van der Waals surface area contributed by atoms with Crippen LogP contribution in [0.1, 0.15) is 322 Å². The summed E-state index contributed by atoms with van der Waals surface area (Å²) in [5.74, 6) is -0.253. The van der Waals surface area contributed by atoms with Crippen molar-refractivity contribution in [2.75, 3.05) is 19.8 Å². The fourth-order valence-corrected chi connectivity index (χ4v) is 12.5. The molecule has 0 aromatic rings. The average molecular weight is 1350 g/mol. The van der Waals surface area contributed by atoms with Crippen LogP contribution in [0.15, 0.2) is 97.2 Å². The maximum absolute atomic E-state index is 13.4. The van der Waals surface area contributed by atoms with Crippen LogP contribution in [0.25, 0.3) is 0 Å². The molecule has 0 bridgehead atoms. The fraction of sp³-hybridized carbons (Fsp3) is 0.793. The largest absolute Gasteiger partial charge is 0.394 e. The van der Waals surface area contributed by atoms with Gasteiger partial charge in [0, 0.05) is 6.42 Å². The van der Waals surface area contributed by atoms with Crippen molar-refractivity contribution in [3.63, 3.8) is 0 Å². The molecule has 2 heterocycles. The maximum Gasteiger partial charge on any atom is 0.220 e. The Balaban J connectivity index is 1.65. The number of nitrogens with one attached hydrogen (secondary N) is 1. The standard InChI is InChI=1S/C82H145NO13/c1-3-5-7-9-11-13-15-17-19-21-23-25-27-29-31-33-35-37-39-41-43-45-47-49-51-53-55-57-59-61-63-65-71(86)70(69-93-81-79(92)77(90)80(73(68-85)95-81)96-82-78(91)76(89)75(88)72(67-84)94-82)83-74(87)66-64-62-60-58-56-54-52-50-48-46-44-42-40-38-36-34-32-30-28-26-24-22-20-18-16-14-12-10-8-6-4-2/h6,8,12,14,18,20,24,26,30,32,47,49,55,57,63,65,70-73,75-82,84-86,88-92H,3-5,7,9-11,13,15-17,19,21-23,25,27-29,31,33-46,48,50-54,56,58-62,64,66-69H2,1-2H3,(H,83,87)/b8-6-,14-12-,20-18-,26-24-,32-30-,49-47+,57-55+,65-63+. The first-order chi connectivity index (χ1) is 47.1. The van der Waals surface area contributed by atoms with Gasteiger partial charge < -0.3 is 65.1 Å². The van der Waals surface area contributed by atoms with Gasteiger partial charge in [-0.2, -0.15) is 0 Å². The molecule has 96 heavy (non-hydrogen) atoms. The van der Waals surface area contributed by atoms with Gasteiger partial charge in [0.25, 0.3) is 0 Å². The number of hydrogen-bond donors (Lipinski definition) is 9. The lowest BCUT2D eigenvalue weighted by atomic mass is 9.97. The Morgan fingerprint density at radius 2 is 0.729 bits per heavy atom. The molecule has 12 unspecified atom stereocenters. The second kappa shape index (κ2) is 65.2. The normalized spacial score (nSPS) is 22.8. The van der Waals surface area contributed by atoms with Gasteiger partial charge in [0.2, 0.25) is 5.91 Å². The highest BCUT2D eigenvalue weighted by Crippen LogP contribution is 2.30. The van der Waals surface area contributed by atoms with Crippen molar-refractivity contribution in [2.24, 2.45) is 0 Å². The molecule has 0 spiro atoms. The molecule has 2 saturated heterocycles. The molecule has 2 rings (SSSR count). The van der Waals surface area contributed by atoms with Gasteiger partial charge in [-0.3, -0.25) is 4.79 Å². The molecule has 12 atom stereocenters. The van der Waals surface area contributed by atoms with Crippen molar-refractivity contribution < 1.29 is 64.6 Å². The maximum atomic E-state index is 13.4. The van der Waals surface area contributed by atoms with E-state index in [-0.39, 0.29) is 18.9 Å². The van der Waals surface area contributed by atoms with E-state index >= 15 is 0 Å². The minimum Gasteiger partial charge on any atom is -0.394 e. The number of amides is 1. The van der Waals surface area contributed by atoms with Crippen LogP contribution in [0, 0.1) is 0 Å². The predicted molar refractivity (Wildman–Crippen MR) is 396 cm³/mol. The highest BCUT2D eigenvalue weighted by Gasteiger charge is 2.51. The topological polar surface area (TPSA) is 228 Å². The number of allylic oxidation sites excluding steroid dienone is 15. The van der Waals surface area contributed by atoms with Gasteiger partial charge in [-0.25, -0.2) is 0 Å². The summed E-state index contributed by atoms with van der Waals surface area (Å²) in [6.45, 7) is 2.70. The van der Waals surface area contributed by atoms with Crippen molar-refractivity contribution in [2.45, 2.75) is 396 Å². The molecule has 2 aliphatic heterocycles. The first-order valence-electron chi connectivity index (χ1n) is 39.5. The molecule has 0 radical (unpaired) electrons. The van der Waals surface area contributed by atoms with E-state index < -0.39 is 86.8 Å². The third-order valence-corrected chi connectivity index (χ3v) is 18.7. The fourth-order valence-electron chi connectivity index (χ4n) is 12.5. The van der Waals surface area contributed by atoms with E-state index in [1.54, 1.807) is 6.08 Å². The summed E-state index contributed by atoms with van der Waals surface area (Å²) in [6, 6.07) is -0.945. The van der Waals surface area contributed by atoms with Gasteiger partial charge >= 0.3 is 0 Å². The van der Waals surface area contributed by atoms with E-state index in [9.17, 15) is 45.6 Å². The van der Waals surface area contributed by atoms with E-state index in [4.69, 9.17) is 18.9 Å². The number of aliphatic hydroxyl groups is 8. The molecule has 14 heteroatoms. The summed E-state index contributed by atoms with van der Waals surface area (Å²) >= 11 is 0. The van der Waals surface area contributed by atoms with Gasteiger partial charge in [0.05, 0.1) is 32.0 Å². The van der Waals surface area contributed by atoms with Crippen LogP contribution in [0.4, 0.5) is 0 Å². The molecule has 14 nitrogen and oxygen atoms in total. The minimum atomic E-state index is -1.80. The zero-order valence-corrected chi connectivity index (χ0v) is 60.8. The van der Waals surface area contributed by atoms with E-state index in [0.717, 1.165) is 77.0 Å². The van der Waals surface area contributed by atoms with Gasteiger partial charge in [0.15, 0.2) is 12.6 Å². The Kier molecular flexibility index (Phi) is 60.5. The first-order valence-corrected chi connectivity index (χ1v) is 39.5. The third kappa shape index (κ3) is 47.9. The van der Waals surface area contributed by atoms with E-state index in [2.05, 4.69) is 104 Å². The summed E-state index contributed by atoms with van der Waals surface area (Å²) in [6.07, 6.45) is 76.3. The van der Waals surface area contributed by atoms with Crippen LogP contribution in [0.2, 0.25) is 0 Å². The van der Waals surface area contributed by atoms with Crippen LogP contribution in [-0.2, 0) is 23.7 Å². The monoisotopic (exact) mass is 1350 g/mol. The van der Waals surface area contributed by atoms with Crippen LogP contribution in [0.5, 0.6) is 0 Å². The van der Waals surface area contributed by atoms with Gasteiger partial charge in [-0.15, -0.1) is 0 Å². The van der Waals surface area contributed by atoms with E-state index in [0.29, 0.717) is 12.8 Å². The van der Waals surface area contributed by atoms with Gasteiger partial charge in [-0.1, -0.05) is 323 Å². The SMILES string of the molecule is CC/C=C\C/C=C\C/C=C\C/C=C\C/C=C\CCCCCCCCCCCCCCCCCC(=O)NC(COC1OC(CO)C(OC2OC(CO)C(O)C(O)C2O)C(O)C1O)C(O)/C=C/CC/C=C/CC/C=C/CCCCCCCCCCCCCCCCCCCCCCC. The molecular formula is C82H145NO13. The third-order valence-electron chi connectivity index (χ3n) is 18.7. The number of hydrogen-bond acceptors (Lipinski definition) is 13. The van der Waals surface area contributed by atoms with Crippen LogP contribution >= 0.6 is 0 Å². The molecule has 0 aromatic heterocycles. The summed E-state index contributed by atoms with van der Waals surface area (Å²) < 4.78 is 22.9. The Morgan fingerprint density at radius 3 is 1.15 bits per heavy atom. The van der Waals surface area contributed by atoms with Crippen molar-refractivity contribution in [3.05, 3.63) is 97.2 Å². The van der Waals surface area contributed by atoms with Crippen molar-refractivity contribution in [1.29, 1.82) is 0 Å². The molecule has 556 valence electrons. The van der Waals surface area contributed by atoms with E-state index in [1.807, 2.05) is 6.08 Å². The first kappa shape index (κ1) is 89.0. The molecular weight excluding hydrogens is 1210 g/mol. The van der Waals surface area contributed by atoms with Gasteiger partial charge in [0.1, 0.15) is 48.8 Å². The Bertz CT molecular complexity index is 1980. The predicted octanol–water partition coefficient (Wildman–Crippen LogP) is 17.7. The lowest BCUT2D eigenvalue weighted by Crippen LogP contribution is -2.65. The molecule has 9 N–H and O–H groups in total. The number of rotatable bonds is 65. The van der Waals surface area contributed by atoms with Crippen LogP contribution in [-0.4, -0.2) is 140 Å². The van der Waals surface area contributed by atoms with Crippen LogP contribution < -0.4 is 5.32 Å². The zero-order chi connectivity index (χ0) is 69.4. The zero-order valence-electron chi connectivity index (χ0n) is 60.8. The van der Waals surface area contributed by atoms with Crippen molar-refractivity contribution in [3.8, 4) is 0 Å². The average Bonchev–Trinajstić information content (AvgIpc) is 0.797. The summed E-state index contributed by atoms with van der Waals surface area (Å²) in [5, 5.41) is 87.6. The number of ether oxygens (including phenoxy) is 4. The second-order valence-electron chi connectivity index (χ2n) is 27.4. The van der Waals surface area contributed by atoms with Crippen molar-refractivity contribution >= 4 is 5.91 Å². The molecule has 0 saturated carbocycles. The lowest BCUT2D eigenvalue weighted by molar-refractivity contribution is -0.359.